The van der Waals surface area contributed by atoms with E-state index in [2.05, 4.69) is 19.9 Å². The van der Waals surface area contributed by atoms with Crippen LogP contribution in [0.15, 0.2) is 18.2 Å². The van der Waals surface area contributed by atoms with Gasteiger partial charge in [0.05, 0.1) is 12.2 Å². The molecule has 0 saturated heterocycles. The summed E-state index contributed by atoms with van der Waals surface area (Å²) in [4.78, 5) is 12.5. The van der Waals surface area contributed by atoms with E-state index in [1.54, 1.807) is 0 Å². The van der Waals surface area contributed by atoms with Crippen LogP contribution in [0.5, 0.6) is 5.75 Å². The Morgan fingerprint density at radius 2 is 2.20 bits per heavy atom. The molecule has 20 heavy (non-hydrogen) atoms. The van der Waals surface area contributed by atoms with Crippen LogP contribution in [-0.2, 0) is 6.42 Å². The number of para-hydroxylation sites is 1. The van der Waals surface area contributed by atoms with Crippen molar-refractivity contribution in [3.63, 3.8) is 0 Å². The molecule has 0 fully saturated rings. The number of fused-ring (bicyclic) bond motifs is 1. The molecule has 0 bridgehead atoms. The second kappa shape index (κ2) is 6.89. The van der Waals surface area contributed by atoms with Crippen molar-refractivity contribution in [2.45, 2.75) is 39.5 Å². The minimum atomic E-state index is 0.167. The number of ketones is 1. The molecular formula is C17H25NO2. The predicted molar refractivity (Wildman–Crippen MR) is 81.2 cm³/mol. The molecule has 3 nitrogen and oxygen atoms in total. The Morgan fingerprint density at radius 1 is 1.40 bits per heavy atom. The minimum Gasteiger partial charge on any atom is -0.493 e. The fourth-order valence-electron chi connectivity index (χ4n) is 2.91. The van der Waals surface area contributed by atoms with Crippen molar-refractivity contribution in [2.75, 3.05) is 13.2 Å². The standard InChI is InChI=1S/C17H25NO2/c1-12(2)9-13(11-18)10-16(19)15-7-3-5-14-6-4-8-20-17(14)15/h3,5,7,12-13H,4,6,8-11,18H2,1-2H3. The summed E-state index contributed by atoms with van der Waals surface area (Å²) in [5, 5.41) is 0. The second-order valence-electron chi connectivity index (χ2n) is 6.10. The Kier molecular flexibility index (Phi) is 5.18. The summed E-state index contributed by atoms with van der Waals surface area (Å²) in [7, 11) is 0. The second-order valence-corrected chi connectivity index (χ2v) is 6.10. The molecule has 0 amide bonds. The van der Waals surface area contributed by atoms with Crippen LogP contribution in [0.25, 0.3) is 0 Å². The van der Waals surface area contributed by atoms with Crippen LogP contribution < -0.4 is 10.5 Å². The maximum atomic E-state index is 12.5. The van der Waals surface area contributed by atoms with E-state index >= 15 is 0 Å². The number of ether oxygens (including phenoxy) is 1. The Balaban J connectivity index is 2.13. The predicted octanol–water partition coefficient (Wildman–Crippen LogP) is 3.21. The molecule has 2 rings (SSSR count). The molecule has 3 heteroatoms. The van der Waals surface area contributed by atoms with E-state index in [4.69, 9.17) is 10.5 Å². The van der Waals surface area contributed by atoms with Crippen molar-refractivity contribution < 1.29 is 9.53 Å². The van der Waals surface area contributed by atoms with E-state index in [1.807, 2.05) is 12.1 Å². The maximum Gasteiger partial charge on any atom is 0.166 e. The van der Waals surface area contributed by atoms with Crippen LogP contribution in [0.1, 0.15) is 49.0 Å². The van der Waals surface area contributed by atoms with Crippen molar-refractivity contribution in [1.29, 1.82) is 0 Å². The van der Waals surface area contributed by atoms with Gasteiger partial charge in [0.25, 0.3) is 0 Å². The van der Waals surface area contributed by atoms with Gasteiger partial charge in [-0.3, -0.25) is 4.79 Å². The fourth-order valence-corrected chi connectivity index (χ4v) is 2.91. The third kappa shape index (κ3) is 3.60. The third-order valence-corrected chi connectivity index (χ3v) is 3.85. The zero-order valence-corrected chi connectivity index (χ0v) is 12.5. The molecule has 1 aliphatic heterocycles. The van der Waals surface area contributed by atoms with Gasteiger partial charge in [-0.2, -0.15) is 0 Å². The largest absolute Gasteiger partial charge is 0.493 e. The molecule has 0 saturated carbocycles. The first-order valence-corrected chi connectivity index (χ1v) is 7.59. The summed E-state index contributed by atoms with van der Waals surface area (Å²) >= 11 is 0. The quantitative estimate of drug-likeness (QED) is 0.811. The molecule has 110 valence electrons. The molecule has 1 atom stereocenters. The molecule has 2 N–H and O–H groups in total. The monoisotopic (exact) mass is 275 g/mol. The first-order valence-electron chi connectivity index (χ1n) is 7.59. The first kappa shape index (κ1) is 15.0. The number of nitrogens with two attached hydrogens (primary N) is 1. The highest BCUT2D eigenvalue weighted by Gasteiger charge is 2.21. The van der Waals surface area contributed by atoms with Crippen molar-refractivity contribution in [3.8, 4) is 5.75 Å². The molecule has 1 heterocycles. The third-order valence-electron chi connectivity index (χ3n) is 3.85. The zero-order valence-electron chi connectivity index (χ0n) is 12.5. The summed E-state index contributed by atoms with van der Waals surface area (Å²) in [6.45, 7) is 5.62. The van der Waals surface area contributed by atoms with Gasteiger partial charge in [-0.25, -0.2) is 0 Å². The van der Waals surface area contributed by atoms with Gasteiger partial charge >= 0.3 is 0 Å². The van der Waals surface area contributed by atoms with Crippen molar-refractivity contribution >= 4 is 5.78 Å². The molecule has 0 spiro atoms. The van der Waals surface area contributed by atoms with E-state index < -0.39 is 0 Å². The summed E-state index contributed by atoms with van der Waals surface area (Å²) in [6.07, 6.45) is 3.55. The normalized spacial score (nSPS) is 15.6. The number of carbonyl (C=O) groups excluding carboxylic acids is 1. The van der Waals surface area contributed by atoms with Crippen molar-refractivity contribution in [1.82, 2.24) is 0 Å². The van der Waals surface area contributed by atoms with Gasteiger partial charge in [-0.1, -0.05) is 26.0 Å². The molecule has 0 radical (unpaired) electrons. The Bertz CT molecular complexity index is 468. The van der Waals surface area contributed by atoms with Gasteiger partial charge in [0.2, 0.25) is 0 Å². The lowest BCUT2D eigenvalue weighted by Gasteiger charge is -2.21. The lowest BCUT2D eigenvalue weighted by atomic mass is 9.89. The van der Waals surface area contributed by atoms with E-state index in [9.17, 15) is 4.79 Å². The number of aryl methyl sites for hydroxylation is 1. The summed E-state index contributed by atoms with van der Waals surface area (Å²) < 4.78 is 5.72. The number of carbonyl (C=O) groups is 1. The van der Waals surface area contributed by atoms with E-state index in [-0.39, 0.29) is 11.7 Å². The van der Waals surface area contributed by atoms with Crippen molar-refractivity contribution in [3.05, 3.63) is 29.3 Å². The highest BCUT2D eigenvalue weighted by atomic mass is 16.5. The van der Waals surface area contributed by atoms with Crippen molar-refractivity contribution in [2.24, 2.45) is 17.6 Å². The Hall–Kier alpha value is -1.35. The molecule has 1 aromatic carbocycles. The number of rotatable bonds is 6. The smallest absolute Gasteiger partial charge is 0.166 e. The highest BCUT2D eigenvalue weighted by Crippen LogP contribution is 2.30. The van der Waals surface area contributed by atoms with Gasteiger partial charge in [0.15, 0.2) is 5.78 Å². The lowest BCUT2D eigenvalue weighted by Crippen LogP contribution is -2.21. The van der Waals surface area contributed by atoms with Gasteiger partial charge < -0.3 is 10.5 Å². The van der Waals surface area contributed by atoms with Gasteiger partial charge in [-0.15, -0.1) is 0 Å². The molecular weight excluding hydrogens is 250 g/mol. The average molecular weight is 275 g/mol. The number of Topliss-reactive ketones (excluding diaryl/α,β-unsaturated/α-hetero) is 1. The number of hydrogen-bond donors (Lipinski definition) is 1. The highest BCUT2D eigenvalue weighted by molar-refractivity contribution is 5.99. The Morgan fingerprint density at radius 3 is 2.90 bits per heavy atom. The molecule has 1 unspecified atom stereocenters. The van der Waals surface area contributed by atoms with E-state index in [0.717, 1.165) is 36.1 Å². The SMILES string of the molecule is CC(C)CC(CN)CC(=O)c1cccc2c1OCCC2. The minimum absolute atomic E-state index is 0.167. The number of hydrogen-bond acceptors (Lipinski definition) is 3. The summed E-state index contributed by atoms with van der Waals surface area (Å²) in [6, 6.07) is 5.90. The Labute approximate surface area is 121 Å². The summed E-state index contributed by atoms with van der Waals surface area (Å²) in [5.41, 5.74) is 7.70. The van der Waals surface area contributed by atoms with Crippen LogP contribution in [0.2, 0.25) is 0 Å². The molecule has 0 aromatic heterocycles. The average Bonchev–Trinajstić information content (AvgIpc) is 2.45. The van der Waals surface area contributed by atoms with Crippen LogP contribution in [0.3, 0.4) is 0 Å². The first-order chi connectivity index (χ1) is 9.61. The van der Waals surface area contributed by atoms with Crippen LogP contribution in [0.4, 0.5) is 0 Å². The summed E-state index contributed by atoms with van der Waals surface area (Å²) in [5.74, 6) is 1.81. The van der Waals surface area contributed by atoms with E-state index in [1.165, 1.54) is 0 Å². The lowest BCUT2D eigenvalue weighted by molar-refractivity contribution is 0.0952. The zero-order chi connectivity index (χ0) is 14.5. The molecule has 1 aliphatic rings. The molecule has 1 aromatic rings. The topological polar surface area (TPSA) is 52.3 Å². The maximum absolute atomic E-state index is 12.5. The molecule has 0 aliphatic carbocycles. The van der Waals surface area contributed by atoms with Gasteiger partial charge in [0, 0.05) is 6.42 Å². The number of benzene rings is 1. The van der Waals surface area contributed by atoms with Crippen LogP contribution in [0, 0.1) is 11.8 Å². The fraction of sp³-hybridized carbons (Fsp3) is 0.588. The van der Waals surface area contributed by atoms with Crippen LogP contribution >= 0.6 is 0 Å². The van der Waals surface area contributed by atoms with Gasteiger partial charge in [0.1, 0.15) is 5.75 Å². The van der Waals surface area contributed by atoms with Gasteiger partial charge in [-0.05, 0) is 49.3 Å². The van der Waals surface area contributed by atoms with E-state index in [0.29, 0.717) is 25.5 Å². The van der Waals surface area contributed by atoms with Crippen LogP contribution in [-0.4, -0.2) is 18.9 Å².